The Morgan fingerprint density at radius 3 is 2.48 bits per heavy atom. The maximum absolute atomic E-state index is 12.3. The quantitative estimate of drug-likeness (QED) is 0.632. The number of halogens is 1. The van der Waals surface area contributed by atoms with Gasteiger partial charge >= 0.3 is 6.01 Å². The van der Waals surface area contributed by atoms with Crippen molar-refractivity contribution in [1.29, 1.82) is 0 Å². The third-order valence-corrected chi connectivity index (χ3v) is 6.46. The van der Waals surface area contributed by atoms with Crippen LogP contribution in [-0.2, 0) is 9.84 Å². The minimum Gasteiger partial charge on any atom is -0.403 e. The molecule has 1 N–H and O–H groups in total. The first kappa shape index (κ1) is 19.2. The fraction of sp³-hybridized carbons (Fsp3) is 0.167. The molecule has 0 aliphatic carbocycles. The van der Waals surface area contributed by atoms with Crippen LogP contribution in [0.5, 0.6) is 0 Å². The van der Waals surface area contributed by atoms with E-state index in [2.05, 4.69) is 31.4 Å². The molecule has 140 valence electrons. The summed E-state index contributed by atoms with van der Waals surface area (Å²) in [5, 5.41) is 9.65. The molecular formula is C18H16BrN3O4S. The summed E-state index contributed by atoms with van der Waals surface area (Å²) in [5.74, 6) is -0.282. The zero-order chi connectivity index (χ0) is 19.6. The van der Waals surface area contributed by atoms with Gasteiger partial charge in [0.1, 0.15) is 0 Å². The first-order valence-corrected chi connectivity index (χ1v) is 10.4. The molecule has 3 rings (SSSR count). The molecule has 1 heterocycles. The van der Waals surface area contributed by atoms with E-state index in [1.807, 2.05) is 0 Å². The Kier molecular flexibility index (Phi) is 5.43. The van der Waals surface area contributed by atoms with Gasteiger partial charge < -0.3 is 4.42 Å². The van der Waals surface area contributed by atoms with Crippen LogP contribution >= 0.6 is 15.9 Å². The predicted octanol–water partition coefficient (Wildman–Crippen LogP) is 3.93. The second-order valence-electron chi connectivity index (χ2n) is 5.99. The maximum atomic E-state index is 12.3. The minimum absolute atomic E-state index is 0.0740. The molecular weight excluding hydrogens is 434 g/mol. The zero-order valence-electron chi connectivity index (χ0n) is 14.5. The molecule has 9 heteroatoms. The molecule has 0 bridgehead atoms. The van der Waals surface area contributed by atoms with Gasteiger partial charge in [0, 0.05) is 15.6 Å². The van der Waals surface area contributed by atoms with Gasteiger partial charge in [-0.3, -0.25) is 10.1 Å². The fourth-order valence-corrected chi connectivity index (χ4v) is 3.61. The Labute approximate surface area is 164 Å². The Balaban J connectivity index is 1.82. The Morgan fingerprint density at radius 2 is 1.81 bits per heavy atom. The monoisotopic (exact) mass is 449 g/mol. The Hall–Kier alpha value is -2.52. The van der Waals surface area contributed by atoms with E-state index in [0.717, 1.165) is 4.47 Å². The smallest absolute Gasteiger partial charge is 0.322 e. The molecule has 1 amide bonds. The number of rotatable bonds is 5. The molecule has 0 saturated carbocycles. The van der Waals surface area contributed by atoms with Crippen molar-refractivity contribution in [1.82, 2.24) is 10.2 Å². The fourth-order valence-electron chi connectivity index (χ4n) is 2.24. The van der Waals surface area contributed by atoms with Crippen LogP contribution < -0.4 is 5.32 Å². The Morgan fingerprint density at radius 1 is 1.11 bits per heavy atom. The van der Waals surface area contributed by atoms with Crippen molar-refractivity contribution < 1.29 is 17.6 Å². The third-order valence-electron chi connectivity index (χ3n) is 3.78. The van der Waals surface area contributed by atoms with E-state index < -0.39 is 21.0 Å². The average Bonchev–Trinajstić information content (AvgIpc) is 3.10. The third kappa shape index (κ3) is 4.25. The van der Waals surface area contributed by atoms with Crippen molar-refractivity contribution in [2.45, 2.75) is 24.0 Å². The van der Waals surface area contributed by atoms with Gasteiger partial charge in [0.05, 0.1) is 10.1 Å². The van der Waals surface area contributed by atoms with Gasteiger partial charge in [-0.2, -0.15) is 0 Å². The summed E-state index contributed by atoms with van der Waals surface area (Å²) in [6.45, 7) is 3.23. The highest BCUT2D eigenvalue weighted by molar-refractivity contribution is 9.10. The molecule has 7 nitrogen and oxygen atoms in total. The lowest BCUT2D eigenvalue weighted by Crippen LogP contribution is -2.13. The van der Waals surface area contributed by atoms with E-state index in [1.165, 1.54) is 12.1 Å². The highest BCUT2D eigenvalue weighted by atomic mass is 79.9. The average molecular weight is 450 g/mol. The molecule has 3 aromatic rings. The standard InChI is InChI=1S/C18H16BrN3O4S/c1-11(2)27(24,25)15-5-3-4-13(10-15)17-21-22-18(26-17)20-16(23)12-6-8-14(19)9-7-12/h3-11H,1-2H3,(H,20,22,23). The highest BCUT2D eigenvalue weighted by Crippen LogP contribution is 2.25. The second kappa shape index (κ2) is 7.61. The zero-order valence-corrected chi connectivity index (χ0v) is 16.9. The van der Waals surface area contributed by atoms with Crippen LogP contribution in [0.2, 0.25) is 0 Å². The first-order valence-electron chi connectivity index (χ1n) is 8.02. The summed E-state index contributed by atoms with van der Waals surface area (Å²) in [7, 11) is -3.42. The first-order chi connectivity index (χ1) is 12.8. The van der Waals surface area contributed by atoms with Crippen LogP contribution in [0, 0.1) is 0 Å². The molecule has 27 heavy (non-hydrogen) atoms. The van der Waals surface area contributed by atoms with E-state index in [4.69, 9.17) is 4.42 Å². The van der Waals surface area contributed by atoms with Crippen LogP contribution in [0.4, 0.5) is 6.01 Å². The van der Waals surface area contributed by atoms with Crippen molar-refractivity contribution >= 4 is 37.7 Å². The SMILES string of the molecule is CC(C)S(=O)(=O)c1cccc(-c2nnc(NC(=O)c3ccc(Br)cc3)o2)c1. The van der Waals surface area contributed by atoms with Crippen molar-refractivity contribution in [3.8, 4) is 11.5 Å². The van der Waals surface area contributed by atoms with Gasteiger partial charge in [-0.1, -0.05) is 27.1 Å². The van der Waals surface area contributed by atoms with Crippen LogP contribution in [0.25, 0.3) is 11.5 Å². The number of nitrogens with one attached hydrogen (secondary N) is 1. The van der Waals surface area contributed by atoms with E-state index in [1.54, 1.807) is 50.2 Å². The lowest BCUT2D eigenvalue weighted by Gasteiger charge is -2.08. The number of carbonyl (C=O) groups excluding carboxylic acids is 1. The van der Waals surface area contributed by atoms with Crippen molar-refractivity contribution in [2.75, 3.05) is 5.32 Å². The largest absolute Gasteiger partial charge is 0.403 e. The molecule has 0 aliphatic heterocycles. The van der Waals surface area contributed by atoms with E-state index in [0.29, 0.717) is 11.1 Å². The molecule has 0 saturated heterocycles. The van der Waals surface area contributed by atoms with Crippen LogP contribution in [0.1, 0.15) is 24.2 Å². The lowest BCUT2D eigenvalue weighted by molar-refractivity contribution is 0.102. The summed E-state index contributed by atoms with van der Waals surface area (Å²) in [6.07, 6.45) is 0. The van der Waals surface area contributed by atoms with E-state index in [-0.39, 0.29) is 16.8 Å². The second-order valence-corrected chi connectivity index (χ2v) is 9.41. The van der Waals surface area contributed by atoms with Gasteiger partial charge in [0.15, 0.2) is 9.84 Å². The van der Waals surface area contributed by atoms with Crippen molar-refractivity contribution in [3.05, 3.63) is 58.6 Å². The van der Waals surface area contributed by atoms with Gasteiger partial charge in [-0.25, -0.2) is 8.42 Å². The number of amides is 1. The number of anilines is 1. The lowest BCUT2D eigenvalue weighted by atomic mass is 10.2. The number of carbonyl (C=O) groups is 1. The summed E-state index contributed by atoms with van der Waals surface area (Å²) >= 11 is 3.30. The summed E-state index contributed by atoms with van der Waals surface area (Å²) in [5.41, 5.74) is 0.885. The minimum atomic E-state index is -3.42. The normalized spacial score (nSPS) is 11.6. The molecule has 0 unspecified atom stereocenters. The van der Waals surface area contributed by atoms with Crippen molar-refractivity contribution in [3.63, 3.8) is 0 Å². The van der Waals surface area contributed by atoms with Crippen LogP contribution in [-0.4, -0.2) is 29.8 Å². The van der Waals surface area contributed by atoms with Crippen LogP contribution in [0.3, 0.4) is 0 Å². The molecule has 0 atom stereocenters. The number of hydrogen-bond donors (Lipinski definition) is 1. The van der Waals surface area contributed by atoms with E-state index >= 15 is 0 Å². The van der Waals surface area contributed by atoms with Gasteiger partial charge in [-0.05, 0) is 56.3 Å². The molecule has 2 aromatic carbocycles. The number of sulfone groups is 1. The maximum Gasteiger partial charge on any atom is 0.322 e. The summed E-state index contributed by atoms with van der Waals surface area (Å²) in [6, 6.07) is 13.0. The molecule has 1 aromatic heterocycles. The molecule has 0 spiro atoms. The molecule has 0 radical (unpaired) electrons. The number of aromatic nitrogens is 2. The van der Waals surface area contributed by atoms with Gasteiger partial charge in [0.25, 0.3) is 5.91 Å². The van der Waals surface area contributed by atoms with E-state index in [9.17, 15) is 13.2 Å². The highest BCUT2D eigenvalue weighted by Gasteiger charge is 2.20. The molecule has 0 aliphatic rings. The number of benzene rings is 2. The summed E-state index contributed by atoms with van der Waals surface area (Å²) < 4.78 is 31.0. The molecule has 0 fully saturated rings. The van der Waals surface area contributed by atoms with Crippen LogP contribution in [0.15, 0.2) is 62.3 Å². The predicted molar refractivity (Wildman–Crippen MR) is 104 cm³/mol. The van der Waals surface area contributed by atoms with Gasteiger partial charge in [-0.15, -0.1) is 5.10 Å². The summed E-state index contributed by atoms with van der Waals surface area (Å²) in [4.78, 5) is 12.4. The topological polar surface area (TPSA) is 102 Å². The van der Waals surface area contributed by atoms with Crippen molar-refractivity contribution in [2.24, 2.45) is 0 Å². The van der Waals surface area contributed by atoms with Gasteiger partial charge in [0.2, 0.25) is 5.89 Å². The number of nitrogens with zero attached hydrogens (tertiary/aromatic N) is 2. The Bertz CT molecular complexity index is 1080. The number of hydrogen-bond acceptors (Lipinski definition) is 6.